The minimum absolute atomic E-state index is 0.345. The number of benzene rings is 1. The second-order valence-corrected chi connectivity index (χ2v) is 4.11. The maximum absolute atomic E-state index is 8.61. The molecule has 0 aliphatic rings. The van der Waals surface area contributed by atoms with Crippen molar-refractivity contribution in [3.05, 3.63) is 54.1 Å². The van der Waals surface area contributed by atoms with Crippen LogP contribution in [0.2, 0.25) is 0 Å². The molecule has 0 aliphatic carbocycles. The van der Waals surface area contributed by atoms with E-state index in [2.05, 4.69) is 15.1 Å². The molecule has 2 rings (SSSR count). The summed E-state index contributed by atoms with van der Waals surface area (Å²) in [5.41, 5.74) is 1.74. The van der Waals surface area contributed by atoms with Crippen LogP contribution in [0.1, 0.15) is 18.3 Å². The van der Waals surface area contributed by atoms with E-state index in [1.807, 2.05) is 24.3 Å². The van der Waals surface area contributed by atoms with Crippen LogP contribution in [-0.2, 0) is 13.0 Å². The highest BCUT2D eigenvalue weighted by atomic mass is 16.5. The predicted octanol–water partition coefficient (Wildman–Crippen LogP) is 2.45. The van der Waals surface area contributed by atoms with Gasteiger partial charge in [0.25, 0.3) is 0 Å². The van der Waals surface area contributed by atoms with Crippen LogP contribution in [0.5, 0.6) is 5.75 Å². The molecule has 0 saturated heterocycles. The van der Waals surface area contributed by atoms with E-state index < -0.39 is 0 Å². The fourth-order valence-electron chi connectivity index (χ4n) is 1.59. The van der Waals surface area contributed by atoms with E-state index in [4.69, 9.17) is 9.94 Å². The molecule has 1 aromatic heterocycles. The third kappa shape index (κ3) is 4.06. The Hall–Kier alpha value is -2.43. The van der Waals surface area contributed by atoms with Gasteiger partial charge in [0.1, 0.15) is 12.4 Å². The van der Waals surface area contributed by atoms with E-state index >= 15 is 0 Å². The van der Waals surface area contributed by atoms with Gasteiger partial charge in [0, 0.05) is 18.8 Å². The summed E-state index contributed by atoms with van der Waals surface area (Å²) < 4.78 is 5.57. The number of aromatic nitrogens is 2. The summed E-state index contributed by atoms with van der Waals surface area (Å²) >= 11 is 0. The predicted molar refractivity (Wildman–Crippen MR) is 71.4 cm³/mol. The van der Waals surface area contributed by atoms with Crippen LogP contribution >= 0.6 is 0 Å². The Morgan fingerprint density at radius 1 is 1.21 bits per heavy atom. The molecule has 0 aliphatic heterocycles. The third-order valence-electron chi connectivity index (χ3n) is 2.54. The van der Waals surface area contributed by atoms with Crippen molar-refractivity contribution in [3.63, 3.8) is 0 Å². The van der Waals surface area contributed by atoms with Gasteiger partial charge in [-0.15, -0.1) is 0 Å². The maximum Gasteiger partial charge on any atom is 0.166 e. The molecule has 2 aromatic rings. The SMILES string of the molecule is C/C(Cc1ccc(OCc2ncccn2)cc1)=N/O. The van der Waals surface area contributed by atoms with Crippen molar-refractivity contribution in [3.8, 4) is 5.75 Å². The molecule has 5 nitrogen and oxygen atoms in total. The zero-order valence-electron chi connectivity index (χ0n) is 10.7. The van der Waals surface area contributed by atoms with E-state index in [1.165, 1.54) is 0 Å². The van der Waals surface area contributed by atoms with Gasteiger partial charge in [-0.25, -0.2) is 9.97 Å². The summed E-state index contributed by atoms with van der Waals surface area (Å²) in [6.45, 7) is 2.12. The van der Waals surface area contributed by atoms with Gasteiger partial charge in [-0.2, -0.15) is 0 Å². The summed E-state index contributed by atoms with van der Waals surface area (Å²) in [5.74, 6) is 1.41. The monoisotopic (exact) mass is 257 g/mol. The van der Waals surface area contributed by atoms with Crippen LogP contribution in [0, 0.1) is 0 Å². The van der Waals surface area contributed by atoms with Gasteiger partial charge in [-0.05, 0) is 30.7 Å². The Kier molecular flexibility index (Phi) is 4.44. The normalized spacial score (nSPS) is 11.3. The van der Waals surface area contributed by atoms with Gasteiger partial charge in [0.05, 0.1) is 5.71 Å². The van der Waals surface area contributed by atoms with E-state index in [9.17, 15) is 0 Å². The molecule has 19 heavy (non-hydrogen) atoms. The summed E-state index contributed by atoms with van der Waals surface area (Å²) in [7, 11) is 0. The molecule has 98 valence electrons. The molecule has 1 aromatic carbocycles. The molecule has 0 unspecified atom stereocenters. The first-order valence-corrected chi connectivity index (χ1v) is 5.93. The first-order chi connectivity index (χ1) is 9.28. The minimum atomic E-state index is 0.345. The standard InChI is InChI=1S/C14H15N3O2/c1-11(17-18)9-12-3-5-13(6-4-12)19-10-14-15-7-2-8-16-14/h2-8,18H,9-10H2,1H3/b17-11-. The lowest BCUT2D eigenvalue weighted by atomic mass is 10.1. The van der Waals surface area contributed by atoms with Crippen molar-refractivity contribution < 1.29 is 9.94 Å². The highest BCUT2D eigenvalue weighted by Gasteiger charge is 2.00. The average Bonchev–Trinajstić information content (AvgIpc) is 2.47. The summed E-state index contributed by atoms with van der Waals surface area (Å²) in [5, 5.41) is 11.8. The van der Waals surface area contributed by atoms with Crippen molar-refractivity contribution in [2.75, 3.05) is 0 Å². The lowest BCUT2D eigenvalue weighted by Crippen LogP contribution is -2.01. The molecule has 0 radical (unpaired) electrons. The molecule has 0 bridgehead atoms. The topological polar surface area (TPSA) is 67.6 Å². The number of hydrogen-bond acceptors (Lipinski definition) is 5. The van der Waals surface area contributed by atoms with Gasteiger partial charge >= 0.3 is 0 Å². The first kappa shape index (κ1) is 13.0. The number of hydrogen-bond donors (Lipinski definition) is 1. The Bertz CT molecular complexity index is 538. The molecule has 0 saturated carbocycles. The minimum Gasteiger partial charge on any atom is -0.486 e. The van der Waals surface area contributed by atoms with E-state index in [0.29, 0.717) is 24.6 Å². The highest BCUT2D eigenvalue weighted by molar-refractivity contribution is 5.83. The Balaban J connectivity index is 1.92. The zero-order valence-corrected chi connectivity index (χ0v) is 10.7. The first-order valence-electron chi connectivity index (χ1n) is 5.93. The molecule has 0 atom stereocenters. The van der Waals surface area contributed by atoms with Crippen molar-refractivity contribution in [2.45, 2.75) is 20.0 Å². The number of rotatable bonds is 5. The number of oxime groups is 1. The Morgan fingerprint density at radius 2 is 1.89 bits per heavy atom. The maximum atomic E-state index is 8.61. The van der Waals surface area contributed by atoms with Crippen LogP contribution in [-0.4, -0.2) is 20.9 Å². The molecule has 0 spiro atoms. The van der Waals surface area contributed by atoms with E-state index in [1.54, 1.807) is 25.4 Å². The second-order valence-electron chi connectivity index (χ2n) is 4.11. The smallest absolute Gasteiger partial charge is 0.166 e. The van der Waals surface area contributed by atoms with Crippen LogP contribution in [0.15, 0.2) is 47.9 Å². The van der Waals surface area contributed by atoms with Crippen LogP contribution in [0.25, 0.3) is 0 Å². The molecule has 1 heterocycles. The largest absolute Gasteiger partial charge is 0.486 e. The Morgan fingerprint density at radius 3 is 2.53 bits per heavy atom. The fraction of sp³-hybridized carbons (Fsp3) is 0.214. The molecule has 0 amide bonds. The van der Waals surface area contributed by atoms with Gasteiger partial charge < -0.3 is 9.94 Å². The van der Waals surface area contributed by atoms with Crippen LogP contribution < -0.4 is 4.74 Å². The lowest BCUT2D eigenvalue weighted by molar-refractivity contribution is 0.295. The fourth-order valence-corrected chi connectivity index (χ4v) is 1.59. The molecule has 0 fully saturated rings. The van der Waals surface area contributed by atoms with Crippen LogP contribution in [0.4, 0.5) is 0 Å². The summed E-state index contributed by atoms with van der Waals surface area (Å²) in [6.07, 6.45) is 4.00. The number of ether oxygens (including phenoxy) is 1. The van der Waals surface area contributed by atoms with Gasteiger partial charge in [-0.3, -0.25) is 0 Å². The van der Waals surface area contributed by atoms with E-state index in [-0.39, 0.29) is 0 Å². The van der Waals surface area contributed by atoms with Crippen molar-refractivity contribution in [2.24, 2.45) is 5.16 Å². The number of nitrogens with zero attached hydrogens (tertiary/aromatic N) is 3. The summed E-state index contributed by atoms with van der Waals surface area (Å²) in [6, 6.07) is 9.40. The average molecular weight is 257 g/mol. The molecule has 1 N–H and O–H groups in total. The molecule has 5 heteroatoms. The van der Waals surface area contributed by atoms with Gasteiger partial charge in [-0.1, -0.05) is 17.3 Å². The quantitative estimate of drug-likeness (QED) is 0.507. The lowest BCUT2D eigenvalue weighted by Gasteiger charge is -2.06. The van der Waals surface area contributed by atoms with Gasteiger partial charge in [0.15, 0.2) is 5.82 Å². The van der Waals surface area contributed by atoms with Crippen molar-refractivity contribution in [1.82, 2.24) is 9.97 Å². The molecular formula is C14H15N3O2. The van der Waals surface area contributed by atoms with E-state index in [0.717, 1.165) is 11.3 Å². The Labute approximate surface area is 111 Å². The zero-order chi connectivity index (χ0) is 13.5. The van der Waals surface area contributed by atoms with Crippen molar-refractivity contribution in [1.29, 1.82) is 0 Å². The third-order valence-corrected chi connectivity index (χ3v) is 2.54. The molecular weight excluding hydrogens is 242 g/mol. The van der Waals surface area contributed by atoms with Crippen LogP contribution in [0.3, 0.4) is 0 Å². The van der Waals surface area contributed by atoms with Gasteiger partial charge in [0.2, 0.25) is 0 Å². The summed E-state index contributed by atoms with van der Waals surface area (Å²) in [4.78, 5) is 8.16. The highest BCUT2D eigenvalue weighted by Crippen LogP contribution is 2.14. The van der Waals surface area contributed by atoms with Crippen molar-refractivity contribution >= 4 is 5.71 Å². The second kappa shape index (κ2) is 6.49.